The van der Waals surface area contributed by atoms with Gasteiger partial charge in [0, 0.05) is 76.7 Å². The number of aromatic nitrogens is 6. The molecule has 0 saturated heterocycles. The van der Waals surface area contributed by atoms with Crippen molar-refractivity contribution in [3.05, 3.63) is 288 Å². The molecule has 10 nitrogen and oxygen atoms in total. The third-order valence-electron chi connectivity index (χ3n) is 18.8. The molecular formula is C84H48N10S. The van der Waals surface area contributed by atoms with E-state index in [2.05, 4.69) is 226 Å². The third kappa shape index (κ3) is 8.38. The smallest absolute Gasteiger partial charge is 0.147 e. The molecule has 0 atom stereocenters. The van der Waals surface area contributed by atoms with Crippen LogP contribution in [0.15, 0.2) is 255 Å². The number of para-hydroxylation sites is 3. The number of rotatable bonds is 8. The van der Waals surface area contributed by atoms with Crippen molar-refractivity contribution in [3.63, 3.8) is 0 Å². The predicted octanol–water partition coefficient (Wildman–Crippen LogP) is 20.9. The highest BCUT2D eigenvalue weighted by molar-refractivity contribution is 7.21. The first-order valence-corrected chi connectivity index (χ1v) is 32.1. The van der Waals surface area contributed by atoms with Crippen LogP contribution in [0.5, 0.6) is 0 Å². The maximum Gasteiger partial charge on any atom is 0.147 e. The number of aryl methyl sites for hydroxylation is 2. The Bertz CT molecular complexity index is 6360. The highest BCUT2D eigenvalue weighted by atomic mass is 32.1. The number of hydrogen-bond acceptors (Lipinski definition) is 7. The zero-order valence-electron chi connectivity index (χ0n) is 51.1. The number of nitriles is 4. The molecule has 11 heteroatoms. The van der Waals surface area contributed by atoms with E-state index in [-0.39, 0.29) is 0 Å². The Morgan fingerprint density at radius 3 is 1.22 bits per heavy atom. The van der Waals surface area contributed by atoms with Crippen molar-refractivity contribution in [2.75, 3.05) is 0 Å². The van der Waals surface area contributed by atoms with Crippen LogP contribution >= 0.6 is 11.3 Å². The first-order valence-electron chi connectivity index (χ1n) is 31.3. The van der Waals surface area contributed by atoms with E-state index in [9.17, 15) is 21.0 Å². The number of thiazole rings is 1. The van der Waals surface area contributed by atoms with Gasteiger partial charge in [-0.15, -0.1) is 11.3 Å². The zero-order chi connectivity index (χ0) is 63.7. The molecular weight excluding hydrogens is 1180 g/mol. The van der Waals surface area contributed by atoms with Crippen molar-refractivity contribution in [2.24, 2.45) is 0 Å². The molecule has 18 aromatic rings. The van der Waals surface area contributed by atoms with Gasteiger partial charge in [-0.2, -0.15) is 21.0 Å². The maximum atomic E-state index is 10.6. The maximum absolute atomic E-state index is 10.6. The van der Waals surface area contributed by atoms with Crippen LogP contribution in [0.4, 0.5) is 0 Å². The molecule has 0 spiro atoms. The highest BCUT2D eigenvalue weighted by Crippen LogP contribution is 2.52. The lowest BCUT2D eigenvalue weighted by Crippen LogP contribution is -2.10. The molecule has 12 aromatic carbocycles. The molecule has 0 N–H and O–H groups in total. The second-order valence-electron chi connectivity index (χ2n) is 24.3. The highest BCUT2D eigenvalue weighted by Gasteiger charge is 2.32. The molecule has 0 fully saturated rings. The van der Waals surface area contributed by atoms with Crippen LogP contribution < -0.4 is 0 Å². The molecule has 95 heavy (non-hydrogen) atoms. The summed E-state index contributed by atoms with van der Waals surface area (Å²) >= 11 is 1.64. The summed E-state index contributed by atoms with van der Waals surface area (Å²) in [4.78, 5) is 11.7. The van der Waals surface area contributed by atoms with Crippen LogP contribution in [0, 0.1) is 59.2 Å². The molecule has 0 saturated carbocycles. The van der Waals surface area contributed by atoms with Gasteiger partial charge < -0.3 is 13.7 Å². The van der Waals surface area contributed by atoms with Gasteiger partial charge in [0.25, 0.3) is 0 Å². The van der Waals surface area contributed by atoms with Gasteiger partial charge in [0.2, 0.25) is 0 Å². The largest absolute Gasteiger partial charge is 0.309 e. The second kappa shape index (κ2) is 21.2. The molecule has 0 unspecified atom stereocenters. The van der Waals surface area contributed by atoms with Gasteiger partial charge in [-0.3, -0.25) is 4.57 Å². The van der Waals surface area contributed by atoms with Crippen LogP contribution in [0.25, 0.3) is 164 Å². The van der Waals surface area contributed by atoms with E-state index in [0.717, 1.165) is 142 Å². The van der Waals surface area contributed by atoms with Gasteiger partial charge in [0.15, 0.2) is 0 Å². The lowest BCUT2D eigenvalue weighted by Gasteiger charge is -2.26. The minimum Gasteiger partial charge on any atom is -0.309 e. The molecule has 0 amide bonds. The van der Waals surface area contributed by atoms with Gasteiger partial charge in [0.1, 0.15) is 10.8 Å². The first-order chi connectivity index (χ1) is 46.7. The van der Waals surface area contributed by atoms with Gasteiger partial charge >= 0.3 is 0 Å². The van der Waals surface area contributed by atoms with Crippen LogP contribution in [0.1, 0.15) is 33.4 Å². The zero-order valence-corrected chi connectivity index (χ0v) is 51.9. The average molecular weight is 1230 g/mol. The van der Waals surface area contributed by atoms with Crippen LogP contribution in [-0.4, -0.2) is 28.2 Å². The normalized spacial score (nSPS) is 11.6. The molecule has 6 aromatic heterocycles. The van der Waals surface area contributed by atoms with Crippen molar-refractivity contribution in [2.45, 2.75) is 13.8 Å². The third-order valence-corrected chi connectivity index (χ3v) is 19.9. The number of hydrogen-bond donors (Lipinski definition) is 0. The Hall–Kier alpha value is -13.2. The first kappa shape index (κ1) is 54.7. The standard InChI is InChI=1S/C84H48N10S/c1-49-19-33-72-63(39-49)59-11-5-8-16-70(59)91(72)57-29-25-55(26-30-57)79-80(61-13-3-4-14-62(61)84-89-69-15-7-10-18-78(69)95-84)82(93-74-35-21-51(45-85)41-65(74)66-42-52(46-86)22-36-75(66)93)81(90-83(79)94-76-37-23-53(47-87)43-67(76)68-44-54(48-88)24-38-77(68)94)56-27-31-58(32-28-56)92-71-17-9-6-12-60(71)64-40-50(2)20-34-73(64)92/h3-44H,1-2H3. The Morgan fingerprint density at radius 2 is 0.726 bits per heavy atom. The molecule has 0 aliphatic heterocycles. The Labute approximate surface area is 548 Å². The minimum atomic E-state index is 0.480. The second-order valence-corrected chi connectivity index (χ2v) is 25.3. The molecule has 18 rings (SSSR count). The fourth-order valence-electron chi connectivity index (χ4n) is 14.6. The number of pyridine rings is 1. The van der Waals surface area contributed by atoms with E-state index in [4.69, 9.17) is 9.97 Å². The summed E-state index contributed by atoms with van der Waals surface area (Å²) in [5, 5.41) is 51.0. The molecule has 0 aliphatic rings. The van der Waals surface area contributed by atoms with E-state index in [1.54, 1.807) is 11.3 Å². The summed E-state index contributed by atoms with van der Waals surface area (Å²) in [7, 11) is 0. The van der Waals surface area contributed by atoms with Crippen LogP contribution in [0.2, 0.25) is 0 Å². The lowest BCUT2D eigenvalue weighted by atomic mass is 9.88. The fraction of sp³-hybridized carbons (Fsp3) is 0.0238. The number of fused-ring (bicyclic) bond motifs is 13. The van der Waals surface area contributed by atoms with Crippen LogP contribution in [0.3, 0.4) is 0 Å². The summed E-state index contributed by atoms with van der Waals surface area (Å²) < 4.78 is 10.2. The van der Waals surface area contributed by atoms with Gasteiger partial charge in [0.05, 0.1) is 112 Å². The van der Waals surface area contributed by atoms with E-state index in [1.807, 2.05) is 84.9 Å². The lowest BCUT2D eigenvalue weighted by molar-refractivity contribution is 1.06. The summed E-state index contributed by atoms with van der Waals surface area (Å²) in [5.41, 5.74) is 21.0. The van der Waals surface area contributed by atoms with Crippen LogP contribution in [-0.2, 0) is 0 Å². The summed E-state index contributed by atoms with van der Waals surface area (Å²) in [6.07, 6.45) is 0. The van der Waals surface area contributed by atoms with Crippen molar-refractivity contribution >= 4 is 109 Å². The van der Waals surface area contributed by atoms with E-state index >= 15 is 0 Å². The minimum absolute atomic E-state index is 0.480. The average Bonchev–Trinajstić information content (AvgIpc) is 1.68. The molecule has 0 aliphatic carbocycles. The molecule has 440 valence electrons. The fourth-order valence-corrected chi connectivity index (χ4v) is 15.6. The van der Waals surface area contributed by atoms with E-state index in [1.165, 1.54) is 21.9 Å². The van der Waals surface area contributed by atoms with Crippen molar-refractivity contribution in [3.8, 4) is 91.2 Å². The molecule has 0 bridgehead atoms. The SMILES string of the molecule is Cc1ccc2c(c1)c1ccccc1n2-c1ccc(-c2nc(-n3c4ccc(C#N)cc4c4cc(C#N)ccc43)c(-c3ccc(-n4c5ccccc5c5cc(C)ccc54)cc3)c(-c3ccccc3-c3nc4ccccc4s3)c2-n2c3ccc(C#N)cc3c3cc(C#N)ccc32)cc1. The van der Waals surface area contributed by atoms with Gasteiger partial charge in [-0.25, -0.2) is 9.97 Å². The Morgan fingerprint density at radius 1 is 0.326 bits per heavy atom. The Balaban J connectivity index is 1.04. The topological polar surface area (TPSA) is 141 Å². The predicted molar refractivity (Wildman–Crippen MR) is 385 cm³/mol. The van der Waals surface area contributed by atoms with Crippen molar-refractivity contribution in [1.29, 1.82) is 21.0 Å². The van der Waals surface area contributed by atoms with Gasteiger partial charge in [-0.1, -0.05) is 120 Å². The Kier molecular flexibility index (Phi) is 12.2. The monoisotopic (exact) mass is 1230 g/mol. The van der Waals surface area contributed by atoms with E-state index < -0.39 is 0 Å². The number of benzene rings is 12. The number of nitrogens with zero attached hydrogens (tertiary/aromatic N) is 10. The quantitative estimate of drug-likeness (QED) is 0.148. The summed E-state index contributed by atoms with van der Waals surface area (Å²) in [5.74, 6) is 0.591. The van der Waals surface area contributed by atoms with Crippen molar-refractivity contribution < 1.29 is 0 Å². The summed E-state index contributed by atoms with van der Waals surface area (Å²) in [6, 6.07) is 97.4. The van der Waals surface area contributed by atoms with Crippen molar-refractivity contribution in [1.82, 2.24) is 28.2 Å². The summed E-state index contributed by atoms with van der Waals surface area (Å²) in [6.45, 7) is 4.27. The molecule has 6 heterocycles. The van der Waals surface area contributed by atoms with E-state index in [0.29, 0.717) is 33.8 Å². The van der Waals surface area contributed by atoms with Gasteiger partial charge in [-0.05, 0) is 171 Å². The molecule has 0 radical (unpaired) electrons.